The highest BCUT2D eigenvalue weighted by molar-refractivity contribution is 6.30. The summed E-state index contributed by atoms with van der Waals surface area (Å²) in [7, 11) is 1.26. The first-order chi connectivity index (χ1) is 18.2. The van der Waals surface area contributed by atoms with Crippen molar-refractivity contribution in [2.45, 2.75) is 26.2 Å². The van der Waals surface area contributed by atoms with E-state index in [4.69, 9.17) is 16.3 Å². The minimum atomic E-state index is -4.48. The van der Waals surface area contributed by atoms with Crippen LogP contribution in [0.15, 0.2) is 60.9 Å². The van der Waals surface area contributed by atoms with Crippen LogP contribution >= 0.6 is 11.6 Å². The van der Waals surface area contributed by atoms with E-state index in [1.165, 1.54) is 19.4 Å². The molecular weight excluding hydrogens is 521 g/mol. The monoisotopic (exact) mass is 542 g/mol. The number of halogens is 4. The Morgan fingerprint density at radius 1 is 1.03 bits per heavy atom. The number of fused-ring (bicyclic) bond motifs is 1. The molecule has 9 nitrogen and oxygen atoms in total. The summed E-state index contributed by atoms with van der Waals surface area (Å²) in [6.07, 6.45) is -1.56. The van der Waals surface area contributed by atoms with Crippen molar-refractivity contribution in [1.82, 2.24) is 29.3 Å². The number of imidazole rings is 1. The zero-order chi connectivity index (χ0) is 26.9. The lowest BCUT2D eigenvalue weighted by molar-refractivity contribution is -0.143. The maximum absolute atomic E-state index is 13.1. The van der Waals surface area contributed by atoms with Crippen LogP contribution in [0.2, 0.25) is 5.02 Å². The number of rotatable bonds is 8. The van der Waals surface area contributed by atoms with Crippen molar-refractivity contribution in [2.24, 2.45) is 7.05 Å². The Labute approximate surface area is 220 Å². The second-order valence-electron chi connectivity index (χ2n) is 8.33. The van der Waals surface area contributed by atoms with Crippen LogP contribution in [-0.4, -0.2) is 29.3 Å². The SMILES string of the molecule is CCn1c(NCc2ccc(Oc3ncc(Cl)cn3)cc2)nc2ccc(Nc3cc(C(F)(F)F)n(C)n3)cc21. The normalized spacial score (nSPS) is 11.6. The maximum atomic E-state index is 13.1. The van der Waals surface area contributed by atoms with E-state index in [-0.39, 0.29) is 11.8 Å². The Morgan fingerprint density at radius 3 is 2.42 bits per heavy atom. The quantitative estimate of drug-likeness (QED) is 0.234. The highest BCUT2D eigenvalue weighted by Crippen LogP contribution is 2.32. The predicted octanol–water partition coefficient (Wildman–Crippen LogP) is 6.40. The van der Waals surface area contributed by atoms with E-state index < -0.39 is 11.9 Å². The first-order valence-corrected chi connectivity index (χ1v) is 11.9. The van der Waals surface area contributed by atoms with Crippen molar-refractivity contribution >= 4 is 40.1 Å². The van der Waals surface area contributed by atoms with Gasteiger partial charge in [-0.25, -0.2) is 15.0 Å². The number of alkyl halides is 3. The third kappa shape index (κ3) is 5.49. The number of benzene rings is 2. The molecule has 0 saturated heterocycles. The van der Waals surface area contributed by atoms with Crippen LogP contribution in [0, 0.1) is 0 Å². The fraction of sp³-hybridized carbons (Fsp3) is 0.200. The maximum Gasteiger partial charge on any atom is 0.433 e. The largest absolute Gasteiger partial charge is 0.433 e. The summed E-state index contributed by atoms with van der Waals surface area (Å²) >= 11 is 5.79. The van der Waals surface area contributed by atoms with Crippen LogP contribution in [0.25, 0.3) is 11.0 Å². The van der Waals surface area contributed by atoms with Gasteiger partial charge in [0.05, 0.1) is 28.4 Å². The van der Waals surface area contributed by atoms with Crippen LogP contribution in [0.5, 0.6) is 11.8 Å². The van der Waals surface area contributed by atoms with Crippen molar-refractivity contribution in [3.05, 3.63) is 77.2 Å². The molecule has 0 spiro atoms. The molecule has 2 aromatic carbocycles. The van der Waals surface area contributed by atoms with E-state index >= 15 is 0 Å². The van der Waals surface area contributed by atoms with Crippen molar-refractivity contribution in [3.63, 3.8) is 0 Å². The molecule has 38 heavy (non-hydrogen) atoms. The average Bonchev–Trinajstić information content (AvgIpc) is 3.44. The topological polar surface area (TPSA) is 94.7 Å². The summed E-state index contributed by atoms with van der Waals surface area (Å²) in [5, 5.41) is 10.7. The molecule has 0 amide bonds. The van der Waals surface area contributed by atoms with E-state index in [9.17, 15) is 13.2 Å². The molecule has 196 valence electrons. The summed E-state index contributed by atoms with van der Waals surface area (Å²) in [6, 6.07) is 14.1. The van der Waals surface area contributed by atoms with Gasteiger partial charge in [0.25, 0.3) is 0 Å². The zero-order valence-electron chi connectivity index (χ0n) is 20.3. The molecule has 0 radical (unpaired) electrons. The number of hydrogen-bond acceptors (Lipinski definition) is 7. The smallest absolute Gasteiger partial charge is 0.424 e. The Bertz CT molecular complexity index is 1560. The average molecular weight is 543 g/mol. The highest BCUT2D eigenvalue weighted by Gasteiger charge is 2.35. The second kappa shape index (κ2) is 10.2. The van der Waals surface area contributed by atoms with E-state index in [2.05, 4.69) is 30.7 Å². The first-order valence-electron chi connectivity index (χ1n) is 11.6. The Morgan fingerprint density at radius 2 is 1.76 bits per heavy atom. The van der Waals surface area contributed by atoms with Gasteiger partial charge in [-0.1, -0.05) is 23.7 Å². The third-order valence-corrected chi connectivity index (χ3v) is 5.88. The van der Waals surface area contributed by atoms with Crippen molar-refractivity contribution in [1.29, 1.82) is 0 Å². The number of aromatic nitrogens is 6. The van der Waals surface area contributed by atoms with Gasteiger partial charge in [-0.15, -0.1) is 0 Å². The van der Waals surface area contributed by atoms with E-state index in [0.717, 1.165) is 27.3 Å². The van der Waals surface area contributed by atoms with Gasteiger partial charge in [0.15, 0.2) is 5.82 Å². The number of aryl methyl sites for hydroxylation is 2. The molecule has 0 aliphatic heterocycles. The Kier molecular flexibility index (Phi) is 6.81. The number of hydrogen-bond donors (Lipinski definition) is 2. The summed E-state index contributed by atoms with van der Waals surface area (Å²) < 4.78 is 47.7. The first kappa shape index (κ1) is 25.3. The van der Waals surface area contributed by atoms with Crippen molar-refractivity contribution < 1.29 is 17.9 Å². The fourth-order valence-corrected chi connectivity index (χ4v) is 4.01. The third-order valence-electron chi connectivity index (χ3n) is 5.69. The molecule has 2 N–H and O–H groups in total. The van der Waals surface area contributed by atoms with Crippen molar-refractivity contribution in [2.75, 3.05) is 10.6 Å². The standard InChI is InChI=1S/C25H22ClF3N8O/c1-3-37-20-10-17(33-22-11-21(25(27,28)29)36(2)35-22)6-9-19(20)34-23(37)30-12-15-4-7-18(8-5-15)38-24-31-13-16(26)14-32-24/h4-11,13-14H,3,12H2,1-2H3,(H,30,34)(H,33,35). The van der Waals surface area contributed by atoms with Gasteiger partial charge in [-0.2, -0.15) is 18.3 Å². The van der Waals surface area contributed by atoms with Gasteiger partial charge in [0, 0.05) is 31.9 Å². The molecule has 0 bridgehead atoms. The van der Waals surface area contributed by atoms with Crippen LogP contribution in [0.4, 0.5) is 30.6 Å². The predicted molar refractivity (Wildman–Crippen MR) is 138 cm³/mol. The lowest BCUT2D eigenvalue weighted by atomic mass is 10.2. The van der Waals surface area contributed by atoms with Gasteiger partial charge >= 0.3 is 12.2 Å². The van der Waals surface area contributed by atoms with Gasteiger partial charge in [0.1, 0.15) is 11.4 Å². The number of nitrogens with zero attached hydrogens (tertiary/aromatic N) is 6. The molecule has 0 unspecified atom stereocenters. The molecular formula is C25H22ClF3N8O. The van der Waals surface area contributed by atoms with E-state index in [1.807, 2.05) is 47.9 Å². The summed E-state index contributed by atoms with van der Waals surface area (Å²) in [4.78, 5) is 12.7. The molecule has 5 rings (SSSR count). The van der Waals surface area contributed by atoms with Gasteiger partial charge < -0.3 is 19.9 Å². The van der Waals surface area contributed by atoms with Crippen molar-refractivity contribution in [3.8, 4) is 11.8 Å². The summed E-state index contributed by atoms with van der Waals surface area (Å²) in [5.41, 5.74) is 2.36. The van der Waals surface area contributed by atoms with Crippen LogP contribution in [0.3, 0.4) is 0 Å². The number of nitrogens with one attached hydrogen (secondary N) is 2. The Balaban J connectivity index is 1.28. The van der Waals surface area contributed by atoms with Gasteiger partial charge in [-0.3, -0.25) is 4.68 Å². The molecule has 3 heterocycles. The summed E-state index contributed by atoms with van der Waals surface area (Å²) in [5.74, 6) is 1.37. The molecule has 5 aromatic rings. The molecule has 0 fully saturated rings. The zero-order valence-corrected chi connectivity index (χ0v) is 21.0. The molecule has 13 heteroatoms. The number of ether oxygens (including phenoxy) is 1. The van der Waals surface area contributed by atoms with E-state index in [0.29, 0.717) is 35.5 Å². The highest BCUT2D eigenvalue weighted by atomic mass is 35.5. The fourth-order valence-electron chi connectivity index (χ4n) is 3.91. The minimum Gasteiger partial charge on any atom is -0.424 e. The molecule has 0 atom stereocenters. The van der Waals surface area contributed by atoms with Gasteiger partial charge in [0.2, 0.25) is 5.95 Å². The second-order valence-corrected chi connectivity index (χ2v) is 8.76. The van der Waals surface area contributed by atoms with Crippen LogP contribution < -0.4 is 15.4 Å². The lowest BCUT2D eigenvalue weighted by Crippen LogP contribution is -2.11. The molecule has 0 aliphatic carbocycles. The number of anilines is 3. The summed E-state index contributed by atoms with van der Waals surface area (Å²) in [6.45, 7) is 3.14. The molecule has 0 saturated carbocycles. The lowest BCUT2D eigenvalue weighted by Gasteiger charge is -2.10. The van der Waals surface area contributed by atoms with Gasteiger partial charge in [-0.05, 0) is 42.8 Å². The minimum absolute atomic E-state index is 0.107. The van der Waals surface area contributed by atoms with E-state index in [1.54, 1.807) is 6.07 Å². The van der Waals surface area contributed by atoms with Crippen LogP contribution in [0.1, 0.15) is 18.2 Å². The van der Waals surface area contributed by atoms with Crippen LogP contribution in [-0.2, 0) is 26.3 Å². The molecule has 3 aromatic heterocycles. The Hall–Kier alpha value is -4.32. The molecule has 0 aliphatic rings.